The molecule has 2 amide bonds. The van der Waals surface area contributed by atoms with E-state index >= 15 is 0 Å². The first-order valence-electron chi connectivity index (χ1n) is 11.1. The number of guanidine groups is 1. The highest BCUT2D eigenvalue weighted by molar-refractivity contribution is 7.84. The highest BCUT2D eigenvalue weighted by Crippen LogP contribution is 2.42. The number of nitrogens with one attached hydrogen (secondary N) is 1. The first-order valence-corrected chi connectivity index (χ1v) is 12.8. The Kier molecular flexibility index (Phi) is 8.26. The van der Waals surface area contributed by atoms with Crippen LogP contribution in [0.4, 0.5) is 23.7 Å². The second-order valence-corrected chi connectivity index (χ2v) is 9.92. The summed E-state index contributed by atoms with van der Waals surface area (Å²) in [7, 11) is -0.113. The van der Waals surface area contributed by atoms with Crippen molar-refractivity contribution in [3.63, 3.8) is 0 Å². The normalized spacial score (nSPS) is 16.8. The van der Waals surface area contributed by atoms with Gasteiger partial charge in [-0.05, 0) is 54.8 Å². The maximum absolute atomic E-state index is 13.4. The van der Waals surface area contributed by atoms with Gasteiger partial charge in [-0.25, -0.2) is 9.59 Å². The molecule has 0 aliphatic carbocycles. The van der Waals surface area contributed by atoms with Crippen LogP contribution in [0.5, 0.6) is 0 Å². The molecule has 0 spiro atoms. The molecule has 38 heavy (non-hydrogen) atoms. The average molecular weight is 548 g/mol. The van der Waals surface area contributed by atoms with Gasteiger partial charge in [0.05, 0.1) is 29.9 Å². The molecule has 13 heteroatoms. The van der Waals surface area contributed by atoms with E-state index in [1.807, 2.05) is 6.07 Å². The zero-order chi connectivity index (χ0) is 28.4. The van der Waals surface area contributed by atoms with Crippen molar-refractivity contribution in [3.8, 4) is 6.07 Å². The first kappa shape index (κ1) is 28.4. The fourth-order valence-corrected chi connectivity index (χ4v) is 4.79. The quantitative estimate of drug-likeness (QED) is 0.527. The molecule has 3 N–H and O–H groups in total. The van der Waals surface area contributed by atoms with E-state index in [9.17, 15) is 32.2 Å². The number of esters is 1. The van der Waals surface area contributed by atoms with Gasteiger partial charge < -0.3 is 10.5 Å². The molecule has 0 radical (unpaired) electrons. The van der Waals surface area contributed by atoms with Crippen molar-refractivity contribution in [1.82, 2.24) is 4.90 Å². The van der Waals surface area contributed by atoms with E-state index in [4.69, 9.17) is 15.9 Å². The number of nitriles is 1. The smallest absolute Gasteiger partial charge is 0.416 e. The van der Waals surface area contributed by atoms with Crippen molar-refractivity contribution in [2.45, 2.75) is 25.6 Å². The lowest BCUT2D eigenvalue weighted by Crippen LogP contribution is -2.55. The molecule has 9 nitrogen and oxygen atoms in total. The Morgan fingerprint density at radius 1 is 1.24 bits per heavy atom. The molecule has 1 aliphatic heterocycles. The number of urea groups is 1. The summed E-state index contributed by atoms with van der Waals surface area (Å²) in [6.07, 6.45) is -2.98. The largest absolute Gasteiger partial charge is 0.466 e. The van der Waals surface area contributed by atoms with Gasteiger partial charge in [0.25, 0.3) is 0 Å². The van der Waals surface area contributed by atoms with Crippen LogP contribution < -0.4 is 10.6 Å². The monoisotopic (exact) mass is 547 g/mol. The number of allylic oxidation sites excluding steroid dienone is 1. The van der Waals surface area contributed by atoms with Crippen LogP contribution >= 0.6 is 0 Å². The summed E-state index contributed by atoms with van der Waals surface area (Å²) in [6.45, 7) is 1.41. The Hall–Kier alpha value is -4.18. The van der Waals surface area contributed by atoms with Crippen molar-refractivity contribution >= 4 is 34.4 Å². The molecule has 0 aromatic heterocycles. The third-order valence-corrected chi connectivity index (χ3v) is 6.78. The van der Waals surface area contributed by atoms with Gasteiger partial charge in [0.15, 0.2) is 0 Å². The van der Waals surface area contributed by atoms with E-state index in [1.165, 1.54) is 37.4 Å². The van der Waals surface area contributed by atoms with Crippen LogP contribution in [0.3, 0.4) is 0 Å². The summed E-state index contributed by atoms with van der Waals surface area (Å²) in [5, 5.41) is 18.2. The molecule has 2 atom stereocenters. The predicted octanol–water partition coefficient (Wildman–Crippen LogP) is 3.82. The number of halogens is 3. The number of alkyl halides is 3. The van der Waals surface area contributed by atoms with Crippen LogP contribution in [-0.2, 0) is 32.9 Å². The number of benzene rings is 2. The number of rotatable bonds is 6. The molecule has 0 bridgehead atoms. The van der Waals surface area contributed by atoms with Crippen LogP contribution in [0.25, 0.3) is 0 Å². The summed E-state index contributed by atoms with van der Waals surface area (Å²) in [5.41, 5.74) is 5.50. The van der Waals surface area contributed by atoms with E-state index in [-0.39, 0.29) is 34.7 Å². The summed E-state index contributed by atoms with van der Waals surface area (Å²) < 4.78 is 57.1. The highest BCUT2D eigenvalue weighted by atomic mass is 32.2. The van der Waals surface area contributed by atoms with Gasteiger partial charge >= 0.3 is 18.2 Å². The van der Waals surface area contributed by atoms with Crippen LogP contribution in [0.2, 0.25) is 0 Å². The lowest BCUT2D eigenvalue weighted by Gasteiger charge is -2.43. The second kappa shape index (κ2) is 11.1. The number of aryl methyl sites for hydroxylation is 1. The van der Waals surface area contributed by atoms with Crippen LogP contribution in [0, 0.1) is 16.7 Å². The minimum atomic E-state index is -4.68. The molecule has 0 saturated heterocycles. The zero-order valence-corrected chi connectivity index (χ0v) is 21.4. The minimum Gasteiger partial charge on any atom is -0.466 e. The summed E-state index contributed by atoms with van der Waals surface area (Å²) in [5.74, 6) is -1.30. The topological polar surface area (TPSA) is 141 Å². The lowest BCUT2D eigenvalue weighted by molar-refractivity contribution is -0.138. The van der Waals surface area contributed by atoms with Gasteiger partial charge in [0, 0.05) is 34.2 Å². The summed E-state index contributed by atoms with van der Waals surface area (Å²) >= 11 is 0. The standard InChI is InChI=1S/C25H24F3N5O4S/c1-14-20(22(34)37-2)21(19-8-7-15(13-29)11-16(19)9-10-38(3)36)33(24(31)35)23(30)32(14)18-6-4-5-17(12-18)25(26,27)28/h4-8,11-12,21,30H,9-10H2,1-3H3,(H2,31,35)/t21-,38?/m1/s1. The summed E-state index contributed by atoms with van der Waals surface area (Å²) in [4.78, 5) is 27.6. The number of amides is 2. The van der Waals surface area contributed by atoms with Crippen molar-refractivity contribution in [1.29, 1.82) is 10.7 Å². The molecule has 1 heterocycles. The Labute approximate surface area is 219 Å². The number of methoxy groups -OCH3 is 1. The second-order valence-electron chi connectivity index (χ2n) is 8.36. The fraction of sp³-hybridized carbons (Fsp3) is 0.280. The van der Waals surface area contributed by atoms with Crippen molar-refractivity contribution in [2.24, 2.45) is 5.73 Å². The summed E-state index contributed by atoms with van der Waals surface area (Å²) in [6, 6.07) is 8.09. The number of hydrogen-bond acceptors (Lipinski definition) is 6. The van der Waals surface area contributed by atoms with Gasteiger partial charge in [-0.15, -0.1) is 0 Å². The molecule has 3 rings (SSSR count). The molecule has 200 valence electrons. The SMILES string of the molecule is COC(=O)C1=C(C)N(c2cccc(C(F)(F)F)c2)C(=N)N(C(N)=O)[C@@H]1c1ccc(C#N)cc1CCS(C)=O. The third kappa shape index (κ3) is 5.55. The van der Waals surface area contributed by atoms with E-state index in [0.29, 0.717) is 11.1 Å². The van der Waals surface area contributed by atoms with Crippen LogP contribution in [-0.4, -0.2) is 46.2 Å². The van der Waals surface area contributed by atoms with Gasteiger partial charge in [0.2, 0.25) is 5.96 Å². The molecule has 1 aliphatic rings. The lowest BCUT2D eigenvalue weighted by atomic mass is 9.88. The van der Waals surface area contributed by atoms with E-state index in [2.05, 4.69) is 0 Å². The van der Waals surface area contributed by atoms with Crippen molar-refractivity contribution < 1.29 is 31.7 Å². The van der Waals surface area contributed by atoms with Crippen molar-refractivity contribution in [2.75, 3.05) is 24.0 Å². The Bertz CT molecular complexity index is 1400. The zero-order valence-electron chi connectivity index (χ0n) is 20.6. The molecular weight excluding hydrogens is 523 g/mol. The number of carbonyl (C=O) groups excluding carboxylic acids is 2. The Balaban J connectivity index is 2.34. The maximum atomic E-state index is 13.4. The van der Waals surface area contributed by atoms with Crippen molar-refractivity contribution in [3.05, 3.63) is 76.0 Å². The van der Waals surface area contributed by atoms with Crippen LogP contribution in [0.15, 0.2) is 53.7 Å². The van der Waals surface area contributed by atoms with Crippen LogP contribution in [0.1, 0.15) is 35.2 Å². The minimum absolute atomic E-state index is 0.0399. The van der Waals surface area contributed by atoms with E-state index in [0.717, 1.165) is 35.1 Å². The molecule has 2 aromatic carbocycles. The number of nitrogens with zero attached hydrogens (tertiary/aromatic N) is 3. The van der Waals surface area contributed by atoms with E-state index < -0.39 is 46.5 Å². The number of carbonyl (C=O) groups is 2. The molecule has 1 unspecified atom stereocenters. The fourth-order valence-electron chi connectivity index (χ4n) is 4.28. The number of primary amides is 1. The third-order valence-electron chi connectivity index (χ3n) is 6.00. The number of hydrogen-bond donors (Lipinski definition) is 2. The molecule has 0 fully saturated rings. The Morgan fingerprint density at radius 2 is 1.92 bits per heavy atom. The Morgan fingerprint density at radius 3 is 2.47 bits per heavy atom. The number of ether oxygens (including phenoxy) is 1. The number of nitrogens with two attached hydrogens (primary N) is 1. The molecular formula is C25H24F3N5O4S. The average Bonchev–Trinajstić information content (AvgIpc) is 2.86. The van der Waals surface area contributed by atoms with Gasteiger partial charge in [-0.3, -0.25) is 19.4 Å². The first-order chi connectivity index (χ1) is 17.8. The highest BCUT2D eigenvalue weighted by Gasteiger charge is 2.44. The number of anilines is 1. The molecule has 2 aromatic rings. The van der Waals surface area contributed by atoms with Gasteiger partial charge in [0.1, 0.15) is 6.04 Å². The van der Waals surface area contributed by atoms with Gasteiger partial charge in [-0.2, -0.15) is 18.4 Å². The van der Waals surface area contributed by atoms with Gasteiger partial charge in [-0.1, -0.05) is 12.1 Å². The predicted molar refractivity (Wildman–Crippen MR) is 134 cm³/mol. The maximum Gasteiger partial charge on any atom is 0.416 e. The molecule has 0 saturated carbocycles. The van der Waals surface area contributed by atoms with E-state index in [1.54, 1.807) is 0 Å².